The molecule has 15 aromatic rings. The molecule has 0 N–H and O–H groups in total. The quantitative estimate of drug-likeness (QED) is 0.135. The van der Waals surface area contributed by atoms with Crippen LogP contribution < -0.4 is 0 Å². The first-order chi connectivity index (χ1) is 38.1. The van der Waals surface area contributed by atoms with Gasteiger partial charge in [0.1, 0.15) is 22.3 Å². The Hall–Kier alpha value is -9.96. The molecule has 0 fully saturated rings. The fourth-order valence-electron chi connectivity index (χ4n) is 12.1. The first-order valence-electron chi connectivity index (χ1n) is 26.5. The molecule has 0 aliphatic rings. The molecule has 0 atom stereocenters. The summed E-state index contributed by atoms with van der Waals surface area (Å²) in [6.45, 7) is 2.28. The Morgan fingerprint density at radius 2 is 0.844 bits per heavy atom. The lowest BCUT2D eigenvalue weighted by molar-refractivity contribution is 0.664. The van der Waals surface area contributed by atoms with Crippen LogP contribution in [0, 0.1) is 6.92 Å². The van der Waals surface area contributed by atoms with Crippen molar-refractivity contribution in [3.63, 3.8) is 0 Å². The van der Waals surface area contributed by atoms with Crippen molar-refractivity contribution in [2.75, 3.05) is 0 Å². The van der Waals surface area contributed by atoms with Gasteiger partial charge in [0.05, 0.1) is 11.2 Å². The summed E-state index contributed by atoms with van der Waals surface area (Å²) in [5.74, 6) is 0. The molecule has 0 spiro atoms. The fraction of sp³-hybridized carbons (Fsp3) is 0.0270. The molecule has 3 heterocycles. The molecule has 0 radical (unpaired) electrons. The Balaban J connectivity index is 0.926. The highest BCUT2D eigenvalue weighted by molar-refractivity contribution is 6.15. The minimum Gasteiger partial charge on any atom is -0.456 e. The first-order valence-corrected chi connectivity index (χ1v) is 26.5. The van der Waals surface area contributed by atoms with Gasteiger partial charge in [-0.2, -0.15) is 0 Å². The van der Waals surface area contributed by atoms with E-state index in [1.807, 2.05) is 0 Å². The monoisotopic (exact) mass is 983 g/mol. The molecule has 12 aromatic carbocycles. The van der Waals surface area contributed by atoms with Crippen molar-refractivity contribution in [2.24, 2.45) is 0 Å². The van der Waals surface area contributed by atoms with Crippen molar-refractivity contribution in [1.82, 2.24) is 4.57 Å². The third-order valence-corrected chi connectivity index (χ3v) is 15.8. The van der Waals surface area contributed by atoms with Crippen LogP contribution in [0.4, 0.5) is 0 Å². The second kappa shape index (κ2) is 18.2. The third-order valence-electron chi connectivity index (χ3n) is 15.8. The van der Waals surface area contributed by atoms with Crippen molar-refractivity contribution in [3.05, 3.63) is 278 Å². The van der Waals surface area contributed by atoms with Gasteiger partial charge in [-0.1, -0.05) is 206 Å². The molecular formula is C74H49NO2. The van der Waals surface area contributed by atoms with Crippen molar-refractivity contribution in [1.29, 1.82) is 0 Å². The van der Waals surface area contributed by atoms with Gasteiger partial charge in [0.15, 0.2) is 0 Å². The summed E-state index contributed by atoms with van der Waals surface area (Å²) in [4.78, 5) is 0. The zero-order valence-corrected chi connectivity index (χ0v) is 42.4. The average Bonchev–Trinajstić information content (AvgIpc) is 4.22. The topological polar surface area (TPSA) is 31.2 Å². The standard InChI is InChI=1S/C74H49NO2/c1-47-59(32-18-28-56-39-57(50-23-10-4-11-24-50)43-67-65-40-52(48-19-6-2-7-20-48)34-37-71(65)76-73(56)67)63-36-33-55(46-70(63)75(47)69-45-54-27-14-15-29-60(54)61-30-16-17-31-62(61)69)64-42-58(51-25-12-5-13-26-51)44-68-66-41-53(49-21-8-3-9-22-49)35-38-72(66)77-74(64)68/h2-27,29-46H,28H2,1H3/b32-18-. The van der Waals surface area contributed by atoms with Gasteiger partial charge >= 0.3 is 0 Å². The summed E-state index contributed by atoms with van der Waals surface area (Å²) in [6.07, 6.45) is 5.34. The largest absolute Gasteiger partial charge is 0.456 e. The van der Waals surface area contributed by atoms with E-state index in [0.29, 0.717) is 6.42 Å². The lowest BCUT2D eigenvalue weighted by Crippen LogP contribution is -1.99. The van der Waals surface area contributed by atoms with Crippen LogP contribution in [0.1, 0.15) is 16.8 Å². The van der Waals surface area contributed by atoms with Crippen LogP contribution in [0.15, 0.2) is 270 Å². The van der Waals surface area contributed by atoms with Crippen molar-refractivity contribution < 1.29 is 8.83 Å². The van der Waals surface area contributed by atoms with Gasteiger partial charge in [0, 0.05) is 49.1 Å². The van der Waals surface area contributed by atoms with Crippen LogP contribution >= 0.6 is 0 Å². The van der Waals surface area contributed by atoms with E-state index in [1.54, 1.807) is 0 Å². The van der Waals surface area contributed by atoms with Crippen LogP contribution in [0.2, 0.25) is 0 Å². The van der Waals surface area contributed by atoms with Crippen molar-refractivity contribution in [3.8, 4) is 61.3 Å². The Morgan fingerprint density at radius 3 is 1.47 bits per heavy atom. The number of hydrogen-bond acceptors (Lipinski definition) is 2. The molecule has 3 aromatic heterocycles. The molecule has 3 nitrogen and oxygen atoms in total. The van der Waals surface area contributed by atoms with E-state index in [9.17, 15) is 0 Å². The second-order valence-electron chi connectivity index (χ2n) is 20.3. The SMILES string of the molecule is Cc1c(/C=C\Cc2cc(-c3ccccc3)cc3c2oc2ccc(-c4ccccc4)cc23)c2ccc(-c3cc(-c4ccccc4)cc4c3oc3ccc(-c5ccccc5)cc34)cc2n1-c1cc2ccccc2c2ccccc12. The van der Waals surface area contributed by atoms with E-state index in [2.05, 4.69) is 278 Å². The number of allylic oxidation sites excluding steroid dienone is 1. The number of nitrogens with zero attached hydrogens (tertiary/aromatic N) is 1. The number of benzene rings is 12. The van der Waals surface area contributed by atoms with Crippen LogP contribution in [-0.2, 0) is 6.42 Å². The molecular weight excluding hydrogens is 935 g/mol. The summed E-state index contributed by atoms with van der Waals surface area (Å²) in [6, 6.07) is 92.0. The summed E-state index contributed by atoms with van der Waals surface area (Å²) < 4.78 is 16.3. The predicted molar refractivity (Wildman–Crippen MR) is 324 cm³/mol. The van der Waals surface area contributed by atoms with Gasteiger partial charge in [0.2, 0.25) is 0 Å². The highest BCUT2D eigenvalue weighted by Gasteiger charge is 2.22. The lowest BCUT2D eigenvalue weighted by Gasteiger charge is -2.15. The summed E-state index contributed by atoms with van der Waals surface area (Å²) in [5.41, 5.74) is 20.8. The molecule has 77 heavy (non-hydrogen) atoms. The van der Waals surface area contributed by atoms with E-state index in [0.717, 1.165) is 94.2 Å². The Kier molecular flexibility index (Phi) is 10.5. The van der Waals surface area contributed by atoms with Crippen LogP contribution in [-0.4, -0.2) is 4.57 Å². The number of fused-ring (bicyclic) bond motifs is 10. The summed E-state index contributed by atoms with van der Waals surface area (Å²) in [7, 11) is 0. The van der Waals surface area contributed by atoms with Crippen LogP contribution in [0.3, 0.4) is 0 Å². The molecule has 3 heteroatoms. The first kappa shape index (κ1) is 44.5. The zero-order valence-electron chi connectivity index (χ0n) is 42.4. The molecule has 0 bridgehead atoms. The number of rotatable bonds is 9. The smallest absolute Gasteiger partial charge is 0.143 e. The molecule has 0 aliphatic heterocycles. The third kappa shape index (κ3) is 7.58. The maximum absolute atomic E-state index is 6.96. The fourth-order valence-corrected chi connectivity index (χ4v) is 12.1. The minimum atomic E-state index is 0.675. The number of hydrogen-bond donors (Lipinski definition) is 0. The van der Waals surface area contributed by atoms with Gasteiger partial charge in [-0.15, -0.1) is 0 Å². The molecule has 362 valence electrons. The van der Waals surface area contributed by atoms with Crippen molar-refractivity contribution in [2.45, 2.75) is 13.3 Å². The number of furan rings is 2. The lowest BCUT2D eigenvalue weighted by atomic mass is 9.94. The van der Waals surface area contributed by atoms with Gasteiger partial charge in [-0.05, 0) is 146 Å². The van der Waals surface area contributed by atoms with Gasteiger partial charge in [-0.3, -0.25) is 0 Å². The Bertz CT molecular complexity index is 4810. The van der Waals surface area contributed by atoms with Crippen molar-refractivity contribution >= 4 is 82.4 Å². The van der Waals surface area contributed by atoms with E-state index in [-0.39, 0.29) is 0 Å². The summed E-state index contributed by atoms with van der Waals surface area (Å²) >= 11 is 0. The minimum absolute atomic E-state index is 0.675. The maximum Gasteiger partial charge on any atom is 0.143 e. The average molecular weight is 984 g/mol. The second-order valence-corrected chi connectivity index (χ2v) is 20.3. The number of aromatic nitrogens is 1. The highest BCUT2D eigenvalue weighted by Crippen LogP contribution is 2.44. The Labute approximate surface area is 445 Å². The zero-order chi connectivity index (χ0) is 51.0. The van der Waals surface area contributed by atoms with E-state index in [4.69, 9.17) is 8.83 Å². The van der Waals surface area contributed by atoms with Crippen LogP contribution in [0.5, 0.6) is 0 Å². The van der Waals surface area contributed by atoms with Crippen LogP contribution in [0.25, 0.3) is 144 Å². The molecule has 0 saturated heterocycles. The van der Waals surface area contributed by atoms with Gasteiger partial charge < -0.3 is 13.4 Å². The van der Waals surface area contributed by atoms with Gasteiger partial charge in [0.25, 0.3) is 0 Å². The highest BCUT2D eigenvalue weighted by atomic mass is 16.3. The molecule has 0 unspecified atom stereocenters. The van der Waals surface area contributed by atoms with Gasteiger partial charge in [-0.25, -0.2) is 0 Å². The van der Waals surface area contributed by atoms with E-state index >= 15 is 0 Å². The molecule has 0 saturated carbocycles. The predicted octanol–water partition coefficient (Wildman–Crippen LogP) is 20.6. The van der Waals surface area contributed by atoms with E-state index in [1.165, 1.54) is 60.3 Å². The molecule has 0 amide bonds. The maximum atomic E-state index is 6.96. The van der Waals surface area contributed by atoms with E-state index < -0.39 is 0 Å². The Morgan fingerprint density at radius 1 is 0.351 bits per heavy atom. The molecule has 0 aliphatic carbocycles. The summed E-state index contributed by atoms with van der Waals surface area (Å²) in [5, 5.41) is 10.5. The molecule has 15 rings (SSSR count). The normalized spacial score (nSPS) is 12.0.